The third-order valence-electron chi connectivity index (χ3n) is 6.71. The van der Waals surface area contributed by atoms with Crippen LogP contribution in [0.2, 0.25) is 0 Å². The van der Waals surface area contributed by atoms with Gasteiger partial charge in [-0.05, 0) is 31.7 Å². The number of aromatic hydroxyl groups is 2. The third-order valence-corrected chi connectivity index (χ3v) is 6.71. The first-order chi connectivity index (χ1) is 15.9. The summed E-state index contributed by atoms with van der Waals surface area (Å²) in [5.41, 5.74) is -1.66. The second-order valence-electron chi connectivity index (χ2n) is 8.84. The largest absolute Gasteiger partial charge is 0.506 e. The molecule has 1 aromatic heterocycles. The van der Waals surface area contributed by atoms with Crippen LogP contribution < -0.4 is 11.2 Å². The number of hydrogen-bond acceptors (Lipinski definition) is 7. The predicted octanol–water partition coefficient (Wildman–Crippen LogP) is 4.09. The highest BCUT2D eigenvalue weighted by atomic mass is 16.6. The van der Waals surface area contributed by atoms with Crippen LogP contribution in [0, 0.1) is 10.1 Å². The average Bonchev–Trinajstić information content (AvgIpc) is 2.81. The Kier molecular flexibility index (Phi) is 6.62. The van der Waals surface area contributed by atoms with Gasteiger partial charge < -0.3 is 10.2 Å². The highest BCUT2D eigenvalue weighted by Crippen LogP contribution is 2.33. The molecule has 0 bridgehead atoms. The lowest BCUT2D eigenvalue weighted by molar-refractivity contribution is -0.384. The maximum atomic E-state index is 13.4. The first-order valence-corrected chi connectivity index (χ1v) is 11.5. The van der Waals surface area contributed by atoms with E-state index in [2.05, 4.69) is 4.99 Å². The minimum Gasteiger partial charge on any atom is -0.506 e. The van der Waals surface area contributed by atoms with Crippen LogP contribution in [0.3, 0.4) is 0 Å². The van der Waals surface area contributed by atoms with Crippen LogP contribution in [-0.2, 0) is 0 Å². The van der Waals surface area contributed by atoms with Crippen molar-refractivity contribution in [2.75, 3.05) is 0 Å². The minimum absolute atomic E-state index is 0.109. The number of nitro benzene ring substituents is 1. The van der Waals surface area contributed by atoms with Crippen LogP contribution in [0.15, 0.2) is 32.8 Å². The number of phenolic OH excluding ortho intramolecular Hbond substituents is 1. The van der Waals surface area contributed by atoms with E-state index in [1.807, 2.05) is 0 Å². The molecule has 10 heteroatoms. The molecule has 33 heavy (non-hydrogen) atoms. The van der Waals surface area contributed by atoms with E-state index in [9.17, 15) is 29.9 Å². The summed E-state index contributed by atoms with van der Waals surface area (Å²) in [5.74, 6) is -0.748. The molecule has 0 spiro atoms. The molecule has 2 aromatic rings. The molecular formula is C23H28N4O6. The summed E-state index contributed by atoms with van der Waals surface area (Å²) >= 11 is 0. The zero-order valence-corrected chi connectivity index (χ0v) is 18.4. The Morgan fingerprint density at radius 1 is 0.939 bits per heavy atom. The van der Waals surface area contributed by atoms with Gasteiger partial charge in [0.2, 0.25) is 5.88 Å². The Morgan fingerprint density at radius 3 is 2.09 bits per heavy atom. The zero-order chi connectivity index (χ0) is 23.5. The fourth-order valence-corrected chi connectivity index (χ4v) is 4.95. The Balaban J connectivity index is 1.86. The van der Waals surface area contributed by atoms with E-state index in [0.29, 0.717) is 12.8 Å². The second kappa shape index (κ2) is 9.60. The molecule has 1 heterocycles. The maximum absolute atomic E-state index is 13.4. The molecule has 0 atom stereocenters. The van der Waals surface area contributed by atoms with E-state index in [4.69, 9.17) is 0 Å². The quantitative estimate of drug-likeness (QED) is 0.394. The second-order valence-corrected chi connectivity index (χ2v) is 8.84. The van der Waals surface area contributed by atoms with Crippen molar-refractivity contribution >= 4 is 17.6 Å². The molecule has 2 saturated carbocycles. The number of rotatable bonds is 5. The molecule has 10 nitrogen and oxygen atoms in total. The van der Waals surface area contributed by atoms with Crippen LogP contribution in [0.25, 0.3) is 0 Å². The van der Waals surface area contributed by atoms with E-state index < -0.39 is 22.1 Å². The number of nitrogens with zero attached hydrogens (tertiary/aromatic N) is 4. The van der Waals surface area contributed by atoms with Gasteiger partial charge in [0, 0.05) is 30.4 Å². The number of aromatic nitrogens is 2. The lowest BCUT2D eigenvalue weighted by Crippen LogP contribution is -2.45. The lowest BCUT2D eigenvalue weighted by Gasteiger charge is -2.29. The van der Waals surface area contributed by atoms with Gasteiger partial charge in [0.25, 0.3) is 11.2 Å². The summed E-state index contributed by atoms with van der Waals surface area (Å²) in [6, 6.07) is 2.92. The van der Waals surface area contributed by atoms with Crippen LogP contribution in [0.5, 0.6) is 11.6 Å². The third kappa shape index (κ3) is 4.55. The summed E-state index contributed by atoms with van der Waals surface area (Å²) in [6.45, 7) is 0. The van der Waals surface area contributed by atoms with Crippen molar-refractivity contribution in [3.63, 3.8) is 0 Å². The smallest absolute Gasteiger partial charge is 0.334 e. The van der Waals surface area contributed by atoms with Crippen molar-refractivity contribution in [2.45, 2.75) is 76.3 Å². The molecule has 2 N–H and O–H groups in total. The standard InChI is InChI=1S/C23H28N4O6/c28-20-12-11-17(27(32)33)13-19(20)24-14-18-21(29)25(15-7-3-1-4-8-15)23(31)26(22(18)30)16-9-5-2-6-10-16/h11-16,28-29H,1-10H2. The van der Waals surface area contributed by atoms with Crippen LogP contribution in [0.1, 0.15) is 81.9 Å². The summed E-state index contributed by atoms with van der Waals surface area (Å²) in [6.07, 6.45) is 9.83. The fraction of sp³-hybridized carbons (Fsp3) is 0.522. The highest BCUT2D eigenvalue weighted by Gasteiger charge is 2.28. The van der Waals surface area contributed by atoms with Crippen LogP contribution in [0.4, 0.5) is 11.4 Å². The normalized spacial score (nSPS) is 18.1. The Labute approximate surface area is 190 Å². The SMILES string of the molecule is O=c1c(C=Nc2cc([N+](=O)[O-])ccc2O)c(O)n(C2CCCCC2)c(=O)n1C1CCCCC1. The molecule has 1 aromatic carbocycles. The molecule has 0 aliphatic heterocycles. The van der Waals surface area contributed by atoms with Gasteiger partial charge in [-0.3, -0.25) is 29.0 Å². The number of aliphatic imine (C=N–C) groups is 1. The first kappa shape index (κ1) is 22.8. The average molecular weight is 456 g/mol. The van der Waals surface area contributed by atoms with Crippen molar-refractivity contribution in [3.05, 3.63) is 54.7 Å². The van der Waals surface area contributed by atoms with Crippen LogP contribution >= 0.6 is 0 Å². The topological polar surface area (TPSA) is 140 Å². The summed E-state index contributed by atoms with van der Waals surface area (Å²) in [4.78, 5) is 41.3. The lowest BCUT2D eigenvalue weighted by atomic mass is 9.94. The van der Waals surface area contributed by atoms with Gasteiger partial charge in [0.05, 0.1) is 4.92 Å². The molecular weight excluding hydrogens is 428 g/mol. The molecule has 0 amide bonds. The Bertz CT molecular complexity index is 1190. The van der Waals surface area contributed by atoms with Gasteiger partial charge in [-0.25, -0.2) is 4.79 Å². The van der Waals surface area contributed by atoms with Gasteiger partial charge in [0.15, 0.2) is 0 Å². The molecule has 0 unspecified atom stereocenters. The van der Waals surface area contributed by atoms with Gasteiger partial charge in [0.1, 0.15) is 17.0 Å². The molecule has 0 saturated heterocycles. The molecule has 2 aliphatic rings. The van der Waals surface area contributed by atoms with E-state index in [1.54, 1.807) is 0 Å². The van der Waals surface area contributed by atoms with Crippen molar-refractivity contribution < 1.29 is 15.1 Å². The monoisotopic (exact) mass is 456 g/mol. The van der Waals surface area contributed by atoms with Gasteiger partial charge >= 0.3 is 5.69 Å². The molecule has 0 radical (unpaired) electrons. The highest BCUT2D eigenvalue weighted by molar-refractivity contribution is 5.85. The van der Waals surface area contributed by atoms with Crippen LogP contribution in [-0.4, -0.2) is 30.5 Å². The van der Waals surface area contributed by atoms with Gasteiger partial charge in [-0.15, -0.1) is 0 Å². The van der Waals surface area contributed by atoms with Crippen molar-refractivity contribution in [2.24, 2.45) is 4.99 Å². The zero-order valence-electron chi connectivity index (χ0n) is 18.4. The number of nitro groups is 1. The maximum Gasteiger partial charge on any atom is 0.334 e. The summed E-state index contributed by atoms with van der Waals surface area (Å²) < 4.78 is 2.58. The van der Waals surface area contributed by atoms with E-state index in [1.165, 1.54) is 9.13 Å². The Morgan fingerprint density at radius 2 is 1.52 bits per heavy atom. The molecule has 4 rings (SSSR count). The van der Waals surface area contributed by atoms with E-state index in [0.717, 1.165) is 75.8 Å². The number of non-ortho nitro benzene ring substituents is 1. The first-order valence-electron chi connectivity index (χ1n) is 11.5. The van der Waals surface area contributed by atoms with Crippen molar-refractivity contribution in [1.29, 1.82) is 0 Å². The van der Waals surface area contributed by atoms with Crippen molar-refractivity contribution in [1.82, 2.24) is 9.13 Å². The van der Waals surface area contributed by atoms with E-state index >= 15 is 0 Å². The molecule has 2 fully saturated rings. The van der Waals surface area contributed by atoms with Gasteiger partial charge in [-0.1, -0.05) is 38.5 Å². The Hall–Kier alpha value is -3.43. The summed E-state index contributed by atoms with van der Waals surface area (Å²) in [5, 5.41) is 32.1. The van der Waals surface area contributed by atoms with E-state index in [-0.39, 0.29) is 34.8 Å². The molecule has 2 aliphatic carbocycles. The predicted molar refractivity (Wildman–Crippen MR) is 123 cm³/mol. The number of phenols is 1. The number of benzene rings is 1. The molecule has 176 valence electrons. The minimum atomic E-state index is -0.634. The van der Waals surface area contributed by atoms with Crippen molar-refractivity contribution in [3.8, 4) is 11.6 Å². The summed E-state index contributed by atoms with van der Waals surface area (Å²) in [7, 11) is 0. The van der Waals surface area contributed by atoms with Gasteiger partial charge in [-0.2, -0.15) is 0 Å². The fourth-order valence-electron chi connectivity index (χ4n) is 4.95. The number of hydrogen-bond donors (Lipinski definition) is 2.